The summed E-state index contributed by atoms with van der Waals surface area (Å²) in [5.74, 6) is 0.436. The first-order chi connectivity index (χ1) is 15.3. The van der Waals surface area contributed by atoms with E-state index in [-0.39, 0.29) is 29.9 Å². The minimum absolute atomic E-state index is 0.0543. The highest BCUT2D eigenvalue weighted by atomic mass is 32.2. The van der Waals surface area contributed by atoms with Crippen LogP contribution in [0.5, 0.6) is 17.4 Å². The Bertz CT molecular complexity index is 1370. The Morgan fingerprint density at radius 3 is 2.81 bits per heavy atom. The number of hydrogen-bond donors (Lipinski definition) is 2. The predicted octanol–water partition coefficient (Wildman–Crippen LogP) is 4.36. The molecule has 0 aliphatic heterocycles. The number of nitrogens with zero attached hydrogens (tertiary/aromatic N) is 2. The molecule has 4 aromatic rings. The van der Waals surface area contributed by atoms with Crippen LogP contribution in [-0.2, 0) is 9.84 Å². The van der Waals surface area contributed by atoms with Gasteiger partial charge in [-0.3, -0.25) is 0 Å². The SMILES string of the molecule is Cc1cc2c(F)c(Oc3ccnc(Nc4cccc(OCCS(C)(=O)=O)c4)n3)ccc2[nH]1. The lowest BCUT2D eigenvalue weighted by atomic mass is 10.2. The molecule has 0 bridgehead atoms. The molecule has 8 nitrogen and oxygen atoms in total. The van der Waals surface area contributed by atoms with E-state index in [0.717, 1.165) is 11.9 Å². The molecule has 2 aromatic carbocycles. The van der Waals surface area contributed by atoms with Crippen molar-refractivity contribution in [1.82, 2.24) is 15.0 Å². The third-order valence-corrected chi connectivity index (χ3v) is 5.40. The van der Waals surface area contributed by atoms with Gasteiger partial charge < -0.3 is 19.8 Å². The fourth-order valence-electron chi connectivity index (χ4n) is 3.04. The van der Waals surface area contributed by atoms with E-state index in [1.54, 1.807) is 42.5 Å². The Hall–Kier alpha value is -3.66. The summed E-state index contributed by atoms with van der Waals surface area (Å²) < 4.78 is 48.4. The molecule has 4 rings (SSSR count). The van der Waals surface area contributed by atoms with Crippen LogP contribution in [0.25, 0.3) is 10.9 Å². The van der Waals surface area contributed by atoms with E-state index in [1.807, 2.05) is 6.92 Å². The zero-order valence-corrected chi connectivity index (χ0v) is 18.2. The maximum absolute atomic E-state index is 14.8. The van der Waals surface area contributed by atoms with Crippen LogP contribution >= 0.6 is 0 Å². The largest absolute Gasteiger partial charge is 0.492 e. The second-order valence-corrected chi connectivity index (χ2v) is 9.50. The van der Waals surface area contributed by atoms with Gasteiger partial charge in [-0.05, 0) is 37.3 Å². The van der Waals surface area contributed by atoms with Crippen LogP contribution in [0.15, 0.2) is 54.7 Å². The number of rotatable bonds is 8. The number of aryl methyl sites for hydroxylation is 1. The minimum Gasteiger partial charge on any atom is -0.492 e. The molecule has 0 fully saturated rings. The van der Waals surface area contributed by atoms with Crippen molar-refractivity contribution in [3.63, 3.8) is 0 Å². The molecule has 10 heteroatoms. The van der Waals surface area contributed by atoms with Crippen LogP contribution in [0.1, 0.15) is 5.69 Å². The molecule has 0 atom stereocenters. The summed E-state index contributed by atoms with van der Waals surface area (Å²) in [4.78, 5) is 11.5. The van der Waals surface area contributed by atoms with Crippen molar-refractivity contribution in [2.75, 3.05) is 23.9 Å². The first kappa shape index (κ1) is 21.6. The second kappa shape index (κ2) is 8.83. The molecule has 0 radical (unpaired) electrons. The number of halogens is 1. The van der Waals surface area contributed by atoms with E-state index in [2.05, 4.69) is 20.3 Å². The lowest BCUT2D eigenvalue weighted by molar-refractivity contribution is 0.341. The first-order valence-electron chi connectivity index (χ1n) is 9.73. The van der Waals surface area contributed by atoms with Crippen molar-refractivity contribution in [2.24, 2.45) is 0 Å². The smallest absolute Gasteiger partial charge is 0.230 e. The fraction of sp³-hybridized carbons (Fsp3) is 0.182. The van der Waals surface area contributed by atoms with E-state index in [1.165, 1.54) is 12.3 Å². The quantitative estimate of drug-likeness (QED) is 0.406. The van der Waals surface area contributed by atoms with E-state index in [9.17, 15) is 12.8 Å². The molecule has 0 saturated carbocycles. The summed E-state index contributed by atoms with van der Waals surface area (Å²) in [5, 5.41) is 3.47. The fourth-order valence-corrected chi connectivity index (χ4v) is 3.43. The summed E-state index contributed by atoms with van der Waals surface area (Å²) in [6.45, 7) is 1.91. The van der Waals surface area contributed by atoms with Gasteiger partial charge in [0, 0.05) is 46.9 Å². The van der Waals surface area contributed by atoms with Gasteiger partial charge in [-0.1, -0.05) is 6.07 Å². The van der Waals surface area contributed by atoms with E-state index in [0.29, 0.717) is 22.3 Å². The van der Waals surface area contributed by atoms with Gasteiger partial charge in [0.2, 0.25) is 11.8 Å². The maximum atomic E-state index is 14.8. The van der Waals surface area contributed by atoms with Gasteiger partial charge in [-0.2, -0.15) is 4.98 Å². The van der Waals surface area contributed by atoms with Crippen LogP contribution < -0.4 is 14.8 Å². The number of fused-ring (bicyclic) bond motifs is 1. The molecular formula is C22H21FN4O4S. The van der Waals surface area contributed by atoms with Gasteiger partial charge in [0.15, 0.2) is 21.4 Å². The number of benzene rings is 2. The van der Waals surface area contributed by atoms with E-state index < -0.39 is 15.7 Å². The highest BCUT2D eigenvalue weighted by molar-refractivity contribution is 7.90. The first-order valence-corrected chi connectivity index (χ1v) is 11.8. The topological polar surface area (TPSA) is 106 Å². The standard InChI is InChI=1S/C22H21FN4O4S/c1-14-12-17-18(25-14)6-7-19(21(17)23)31-20-8-9-24-22(27-20)26-15-4-3-5-16(13-15)30-10-11-32(2,28)29/h3-9,12-13,25H,10-11H2,1-2H3,(H,24,26,27). The lowest BCUT2D eigenvalue weighted by Gasteiger charge is -2.10. The van der Waals surface area contributed by atoms with Crippen molar-refractivity contribution < 1.29 is 22.3 Å². The van der Waals surface area contributed by atoms with Gasteiger partial charge in [0.05, 0.1) is 5.75 Å². The highest BCUT2D eigenvalue weighted by Crippen LogP contribution is 2.30. The maximum Gasteiger partial charge on any atom is 0.230 e. The number of anilines is 2. The number of H-pyrrole nitrogens is 1. The molecular weight excluding hydrogens is 435 g/mol. The average Bonchev–Trinajstić information content (AvgIpc) is 3.11. The molecule has 0 unspecified atom stereocenters. The number of nitrogens with one attached hydrogen (secondary N) is 2. The van der Waals surface area contributed by atoms with Gasteiger partial charge in [-0.25, -0.2) is 17.8 Å². The summed E-state index contributed by atoms with van der Waals surface area (Å²) in [5.41, 5.74) is 2.18. The zero-order chi connectivity index (χ0) is 22.7. The number of hydrogen-bond acceptors (Lipinski definition) is 7. The third kappa shape index (κ3) is 5.33. The Morgan fingerprint density at radius 1 is 1.16 bits per heavy atom. The van der Waals surface area contributed by atoms with Crippen LogP contribution in [0.4, 0.5) is 16.0 Å². The Balaban J connectivity index is 1.47. The van der Waals surface area contributed by atoms with Crippen molar-refractivity contribution in [3.05, 3.63) is 66.2 Å². The zero-order valence-electron chi connectivity index (χ0n) is 17.4. The molecule has 0 amide bonds. The van der Waals surface area contributed by atoms with Crippen LogP contribution in [0, 0.1) is 12.7 Å². The Morgan fingerprint density at radius 2 is 2.00 bits per heavy atom. The number of aromatic amines is 1. The van der Waals surface area contributed by atoms with Crippen LogP contribution in [0.3, 0.4) is 0 Å². The number of ether oxygens (including phenoxy) is 2. The average molecular weight is 456 g/mol. The van der Waals surface area contributed by atoms with Crippen molar-refractivity contribution >= 4 is 32.4 Å². The molecule has 2 N–H and O–H groups in total. The Labute approximate surface area is 184 Å². The van der Waals surface area contributed by atoms with Gasteiger partial charge in [-0.15, -0.1) is 0 Å². The molecule has 0 saturated heterocycles. The summed E-state index contributed by atoms with van der Waals surface area (Å²) >= 11 is 0. The van der Waals surface area contributed by atoms with Crippen molar-refractivity contribution in [3.8, 4) is 17.4 Å². The molecule has 166 valence electrons. The Kier molecular flexibility index (Phi) is 5.95. The predicted molar refractivity (Wildman–Crippen MR) is 120 cm³/mol. The van der Waals surface area contributed by atoms with Crippen LogP contribution in [-0.4, -0.2) is 42.0 Å². The highest BCUT2D eigenvalue weighted by Gasteiger charge is 2.12. The lowest BCUT2D eigenvalue weighted by Crippen LogP contribution is -2.12. The van der Waals surface area contributed by atoms with E-state index >= 15 is 0 Å². The van der Waals surface area contributed by atoms with E-state index in [4.69, 9.17) is 9.47 Å². The monoisotopic (exact) mass is 456 g/mol. The molecule has 0 spiro atoms. The molecule has 0 aliphatic rings. The number of aromatic nitrogens is 3. The van der Waals surface area contributed by atoms with Gasteiger partial charge in [0.25, 0.3) is 0 Å². The van der Waals surface area contributed by atoms with Crippen molar-refractivity contribution in [2.45, 2.75) is 6.92 Å². The molecule has 32 heavy (non-hydrogen) atoms. The summed E-state index contributed by atoms with van der Waals surface area (Å²) in [6.07, 6.45) is 2.65. The molecule has 2 heterocycles. The number of sulfone groups is 1. The minimum atomic E-state index is -3.10. The molecule has 0 aliphatic carbocycles. The molecule has 2 aromatic heterocycles. The van der Waals surface area contributed by atoms with Gasteiger partial charge >= 0.3 is 0 Å². The summed E-state index contributed by atoms with van der Waals surface area (Å²) in [7, 11) is -3.10. The normalized spacial score (nSPS) is 11.5. The van der Waals surface area contributed by atoms with Crippen molar-refractivity contribution in [1.29, 1.82) is 0 Å². The second-order valence-electron chi connectivity index (χ2n) is 7.24. The van der Waals surface area contributed by atoms with Crippen LogP contribution in [0.2, 0.25) is 0 Å². The third-order valence-electron chi connectivity index (χ3n) is 4.49. The summed E-state index contributed by atoms with van der Waals surface area (Å²) in [6, 6.07) is 13.5. The van der Waals surface area contributed by atoms with Gasteiger partial charge in [0.1, 0.15) is 12.4 Å².